The topological polar surface area (TPSA) is 395 Å². The van der Waals surface area contributed by atoms with Gasteiger partial charge in [0.1, 0.15) is 0 Å². The maximum absolute atomic E-state index is 8.58. The Bertz CT molecular complexity index is 883. The molecule has 0 atom stereocenters. The molecule has 0 saturated heterocycles. The van der Waals surface area contributed by atoms with Crippen LogP contribution in [-0.2, 0) is 38.5 Å². The Kier molecular flexibility index (Phi) is 12.7. The second-order valence-electron chi connectivity index (χ2n) is 3.60. The third-order valence-corrected chi connectivity index (χ3v) is 9.78. The van der Waals surface area contributed by atoms with Crippen LogP contribution >= 0.6 is 0 Å². The number of quaternary nitrogens is 3. The fourth-order valence-electron chi connectivity index (χ4n) is 0.530. The average Bonchev–Trinajstić information content (AvgIpc) is 2.77. The molecule has 159 valence electrons. The van der Waals surface area contributed by atoms with Crippen LogP contribution in [0.5, 0.6) is 0 Å². The molecule has 0 saturated carbocycles. The Hall–Kier alpha value is -4.68. The maximum Gasteiger partial charge on any atom is 3.00 e. The summed E-state index contributed by atoms with van der Waals surface area (Å²) in [6, 6.07) is 0. The van der Waals surface area contributed by atoms with Crippen LogP contribution in [0.15, 0.2) is 0 Å². The summed E-state index contributed by atoms with van der Waals surface area (Å²) in [6.07, 6.45) is 0. The summed E-state index contributed by atoms with van der Waals surface area (Å²) in [4.78, 5) is 12.4. The van der Waals surface area contributed by atoms with Gasteiger partial charge in [-0.3, -0.25) is 0 Å². The molecule has 0 rings (SSSR count). The second kappa shape index (κ2) is 9.49. The third-order valence-electron chi connectivity index (χ3n) is 2.37. The molecule has 0 heterocycles. The Balaban J connectivity index is -0.0000000847. The summed E-state index contributed by atoms with van der Waals surface area (Å²) in [6.45, 7) is 0. The zero-order valence-corrected chi connectivity index (χ0v) is 18.7. The summed E-state index contributed by atoms with van der Waals surface area (Å²) in [5, 5.41) is 103. The molecule has 0 spiro atoms. The van der Waals surface area contributed by atoms with E-state index in [0.29, 0.717) is 0 Å². The number of hydrogen-bond acceptors (Lipinski definition) is 12. The van der Waals surface area contributed by atoms with Gasteiger partial charge in [-0.05, 0) is 0 Å². The average molecular weight is 534 g/mol. The minimum absolute atomic E-state index is 0. The van der Waals surface area contributed by atoms with E-state index in [-0.39, 0.29) is 35.5 Å². The van der Waals surface area contributed by atoms with Crippen molar-refractivity contribution in [1.82, 2.24) is 18.5 Å². The van der Waals surface area contributed by atoms with Crippen LogP contribution in [0.25, 0.3) is 0 Å². The van der Waals surface area contributed by atoms with E-state index >= 15 is 0 Å². The zero-order chi connectivity index (χ0) is 21.3. The molecule has 0 amide bonds. The van der Waals surface area contributed by atoms with Crippen molar-refractivity contribution in [2.45, 2.75) is 0 Å². The number of hydrogen-bond donors (Lipinski definition) is 3. The largest absolute Gasteiger partial charge is 3.00 e. The Labute approximate surface area is 179 Å². The number of nitrogens with zero attached hydrogens (tertiary/aromatic N) is 12. The summed E-state index contributed by atoms with van der Waals surface area (Å²) in [7, 11) is -12.3. The van der Waals surface area contributed by atoms with Crippen molar-refractivity contribution in [3.8, 4) is 59.6 Å². The zero-order valence-electron chi connectivity index (χ0n) is 15.4. The van der Waals surface area contributed by atoms with Crippen molar-refractivity contribution in [2.24, 2.45) is 0 Å². The third kappa shape index (κ3) is 3.80. The van der Waals surface area contributed by atoms with Gasteiger partial charge in [-0.15, -0.1) is 0 Å². The number of nitriles is 12. The van der Waals surface area contributed by atoms with E-state index in [2.05, 4.69) is 0 Å². The van der Waals surface area contributed by atoms with E-state index in [1.807, 2.05) is 0 Å². The van der Waals surface area contributed by atoms with Gasteiger partial charge in [0.05, 0.1) is 0 Å². The maximum atomic E-state index is 8.58. The van der Waals surface area contributed by atoms with E-state index in [9.17, 15) is 0 Å². The van der Waals surface area contributed by atoms with Crippen LogP contribution in [0, 0.1) is 123 Å². The van der Waals surface area contributed by atoms with Crippen molar-refractivity contribution in [3.63, 3.8) is 0 Å². The van der Waals surface area contributed by atoms with E-state index in [4.69, 9.17) is 63.1 Å². The fourth-order valence-corrected chi connectivity index (χ4v) is 2.19. The normalized spacial score (nSPS) is 11.6. The SMILES string of the molecule is N#[C][Fe-3]([C]#N)([C]#N)([C]#N)([C]#N)[C]#N.N#[C][Fe-3]([C]#N)([C]#N)([C]#N)([C]#N)[C]#N.[Fe+3].[NH4+].[NH4+].[NH4+]. The van der Waals surface area contributed by atoms with Gasteiger partial charge in [0, 0.05) is 0 Å². The molecule has 0 unspecified atom stereocenters. The smallest absolute Gasteiger partial charge is 0.369 e. The molecule has 0 fully saturated rings. The van der Waals surface area contributed by atoms with Crippen molar-refractivity contribution in [2.75, 3.05) is 0 Å². The molecule has 0 aromatic rings. The van der Waals surface area contributed by atoms with Crippen LogP contribution in [-0.4, -0.2) is 0 Å². The Morgan fingerprint density at radius 3 is 0.333 bits per heavy atom. The standard InChI is InChI=1S/12CN.3Fe.3H3N/c12*1-2;;;;;;/h;;;;;;;;;;;;;;;3*1H3/q;;;;;;;;;;;;2*-3;+3;;;/p+3. The van der Waals surface area contributed by atoms with Crippen LogP contribution in [0.3, 0.4) is 0 Å². The predicted molar refractivity (Wildman–Crippen MR) is 85.3 cm³/mol. The molecule has 0 aromatic heterocycles. The van der Waals surface area contributed by atoms with Gasteiger partial charge in [-0.1, -0.05) is 0 Å². The second-order valence-corrected chi connectivity index (χ2v) is 14.8. The molecule has 0 bridgehead atoms. The Morgan fingerprint density at radius 1 is 0.267 bits per heavy atom. The van der Waals surface area contributed by atoms with E-state index < -0.39 is 21.5 Å². The summed E-state index contributed by atoms with van der Waals surface area (Å²) in [5.41, 5.74) is 0. The minimum Gasteiger partial charge on any atom is -0.369 e. The van der Waals surface area contributed by atoms with E-state index in [0.717, 1.165) is 59.6 Å². The van der Waals surface area contributed by atoms with Crippen molar-refractivity contribution in [1.29, 1.82) is 63.1 Å². The molecule has 12 N–H and O–H groups in total. The van der Waals surface area contributed by atoms with Gasteiger partial charge in [0.25, 0.3) is 0 Å². The van der Waals surface area contributed by atoms with Crippen LogP contribution in [0.1, 0.15) is 0 Å². The van der Waals surface area contributed by atoms with Crippen molar-refractivity contribution < 1.29 is 38.5 Å². The Morgan fingerprint density at radius 2 is 0.333 bits per heavy atom. The van der Waals surface area contributed by atoms with Crippen LogP contribution < -0.4 is 18.5 Å². The summed E-state index contributed by atoms with van der Waals surface area (Å²) < 4.78 is 0. The molecular formula is C12H12Fe3N15. The molecule has 1 radical (unpaired) electrons. The van der Waals surface area contributed by atoms with Gasteiger partial charge >= 0.3 is 161 Å². The molecule has 0 aromatic carbocycles. The van der Waals surface area contributed by atoms with E-state index in [1.165, 1.54) is 0 Å². The van der Waals surface area contributed by atoms with Gasteiger partial charge < -0.3 is 18.5 Å². The van der Waals surface area contributed by atoms with Gasteiger partial charge in [-0.2, -0.15) is 0 Å². The first-order valence-electron chi connectivity index (χ1n) is 4.80. The quantitative estimate of drug-likeness (QED) is 0.370. The molecule has 30 heavy (non-hydrogen) atoms. The molecule has 15 nitrogen and oxygen atoms in total. The van der Waals surface area contributed by atoms with Crippen LogP contribution in [0.2, 0.25) is 0 Å². The van der Waals surface area contributed by atoms with Gasteiger partial charge in [0.2, 0.25) is 0 Å². The summed E-state index contributed by atoms with van der Waals surface area (Å²) >= 11 is 0. The monoisotopic (exact) mass is 534 g/mol. The molecule has 0 aliphatic heterocycles. The fraction of sp³-hybridized carbons (Fsp3) is 0. The number of rotatable bonds is 0. The van der Waals surface area contributed by atoms with E-state index in [1.54, 1.807) is 0 Å². The minimum atomic E-state index is -6.17. The first-order valence-corrected chi connectivity index (χ1v) is 11.4. The molecule has 0 aliphatic carbocycles. The van der Waals surface area contributed by atoms with Gasteiger partial charge in [-0.25, -0.2) is 0 Å². The molecular weight excluding hydrogens is 522 g/mol. The first-order chi connectivity index (χ1) is 11.9. The van der Waals surface area contributed by atoms with Crippen molar-refractivity contribution in [3.05, 3.63) is 0 Å². The first kappa shape index (κ1) is 40.1. The van der Waals surface area contributed by atoms with Crippen molar-refractivity contribution >= 4 is 0 Å². The van der Waals surface area contributed by atoms with Crippen LogP contribution in [0.4, 0.5) is 0 Å². The summed E-state index contributed by atoms with van der Waals surface area (Å²) in [5.74, 6) is 0. The van der Waals surface area contributed by atoms with Gasteiger partial charge in [0.15, 0.2) is 0 Å². The molecule has 0 aliphatic rings. The molecule has 18 heteroatoms. The predicted octanol–water partition coefficient (Wildman–Crippen LogP) is 1.32.